The largest absolute Gasteiger partial charge is 0.466 e. The molecule has 0 saturated carbocycles. The number of hydrogen-bond donors (Lipinski definition) is 0. The lowest BCUT2D eigenvalue weighted by Crippen LogP contribution is -2.59. The number of aryl methyl sites for hydroxylation is 1. The second-order valence-corrected chi connectivity index (χ2v) is 28.4. The van der Waals surface area contributed by atoms with E-state index in [2.05, 4.69) is 258 Å². The fraction of sp³-hybridized carbons (Fsp3) is 0.286. The normalized spacial score (nSPS) is 14.5. The summed E-state index contributed by atoms with van der Waals surface area (Å²) in [5, 5.41) is 0. The molecule has 0 radical (unpaired) electrons. The maximum atomic E-state index is 6.75. The fourth-order valence-electron chi connectivity index (χ4n) is 11.3. The third kappa shape index (κ3) is 9.48. The van der Waals surface area contributed by atoms with Crippen molar-refractivity contribution >= 4 is 194 Å². The lowest BCUT2D eigenvalue weighted by atomic mass is 9.60. The molecule has 7 aromatic rings. The molecule has 15 heteroatoms. The minimum Gasteiger partial charge on any atom is -0.466 e. The van der Waals surface area contributed by atoms with E-state index >= 15 is 0 Å². The second kappa shape index (κ2) is 18.8. The molecule has 0 bridgehead atoms. The van der Waals surface area contributed by atoms with Crippen LogP contribution >= 0.6 is 10.0 Å². The predicted molar refractivity (Wildman–Crippen MR) is 347 cm³/mol. The highest BCUT2D eigenvalue weighted by molar-refractivity contribution is 8.32. The SMILES string of the molecule is Bc1c(B)c(B)c(N(c2cccc(N(c3ccc(S(C)(C)C)cc3)c3cc(C)cc(N(c4ccc(C(C)(C)C)cc4)c4coc5c4C(C)(C)CCC5(C)C)c3)c2)c2c(B)c(B)c(B)c(B)c2B)c(B)c1B. The average molecular weight is 944 g/mol. The van der Waals surface area contributed by atoms with E-state index in [0.29, 0.717) is 0 Å². The third-order valence-corrected chi connectivity index (χ3v) is 18.4. The molecule has 1 heterocycles. The highest BCUT2D eigenvalue weighted by Gasteiger charge is 2.43. The van der Waals surface area contributed by atoms with Gasteiger partial charge >= 0.3 is 0 Å². The lowest BCUT2D eigenvalue weighted by molar-refractivity contribution is 0.278. The monoisotopic (exact) mass is 946 g/mol. The van der Waals surface area contributed by atoms with Gasteiger partial charge in [-0.1, -0.05) is 110 Å². The molecule has 4 nitrogen and oxygen atoms in total. The zero-order chi connectivity index (χ0) is 52.0. The number of nitrogens with zero attached hydrogens (tertiary/aromatic N) is 3. The maximum absolute atomic E-state index is 6.75. The molecule has 0 unspecified atom stereocenters. The van der Waals surface area contributed by atoms with E-state index in [-0.39, 0.29) is 16.2 Å². The summed E-state index contributed by atoms with van der Waals surface area (Å²) >= 11 is 0. The molecule has 0 fully saturated rings. The molecule has 8 rings (SSSR count). The van der Waals surface area contributed by atoms with Gasteiger partial charge in [0.15, 0.2) is 0 Å². The Hall–Kier alpha value is -5.00. The van der Waals surface area contributed by atoms with Crippen LogP contribution in [-0.2, 0) is 16.2 Å². The molecule has 354 valence electrons. The Labute approximate surface area is 438 Å². The molecule has 0 atom stereocenters. The Kier molecular flexibility index (Phi) is 13.9. The van der Waals surface area contributed by atoms with Crippen LogP contribution in [0, 0.1) is 6.92 Å². The minimum absolute atomic E-state index is 0.0261. The Morgan fingerprint density at radius 2 is 0.887 bits per heavy atom. The zero-order valence-electron chi connectivity index (χ0n) is 47.3. The summed E-state index contributed by atoms with van der Waals surface area (Å²) in [6.45, 7) is 18.6. The van der Waals surface area contributed by atoms with Gasteiger partial charge in [0.2, 0.25) is 0 Å². The van der Waals surface area contributed by atoms with Crippen molar-refractivity contribution in [2.75, 3.05) is 33.5 Å². The summed E-state index contributed by atoms with van der Waals surface area (Å²) in [5.41, 5.74) is 27.3. The molecular formula is C56H73B10N3OS. The van der Waals surface area contributed by atoms with Crippen LogP contribution in [0.5, 0.6) is 0 Å². The summed E-state index contributed by atoms with van der Waals surface area (Å²) in [6, 6.07) is 35.0. The first kappa shape index (κ1) is 52.3. The quantitative estimate of drug-likeness (QED) is 0.169. The summed E-state index contributed by atoms with van der Waals surface area (Å²) in [4.78, 5) is 8.93. The maximum Gasteiger partial charge on any atom is 0.141 e. The van der Waals surface area contributed by atoms with Crippen molar-refractivity contribution < 1.29 is 4.42 Å². The van der Waals surface area contributed by atoms with Gasteiger partial charge in [0.05, 0.1) is 5.69 Å². The number of benzene rings is 6. The third-order valence-electron chi connectivity index (χ3n) is 16.7. The van der Waals surface area contributed by atoms with Crippen molar-refractivity contribution in [1.29, 1.82) is 0 Å². The smallest absolute Gasteiger partial charge is 0.141 e. The van der Waals surface area contributed by atoms with Crippen molar-refractivity contribution in [3.63, 3.8) is 0 Å². The van der Waals surface area contributed by atoms with Crippen LogP contribution in [-0.4, -0.2) is 97.2 Å². The van der Waals surface area contributed by atoms with E-state index in [1.165, 1.54) is 87.6 Å². The van der Waals surface area contributed by atoms with Gasteiger partial charge in [0.25, 0.3) is 0 Å². The first-order chi connectivity index (χ1) is 33.0. The van der Waals surface area contributed by atoms with Crippen molar-refractivity contribution in [2.24, 2.45) is 0 Å². The van der Waals surface area contributed by atoms with E-state index in [1.807, 2.05) is 6.26 Å². The molecule has 0 saturated heterocycles. The molecule has 1 aliphatic rings. The molecule has 6 aromatic carbocycles. The summed E-state index contributed by atoms with van der Waals surface area (Å²) in [5.74, 6) is 1.10. The van der Waals surface area contributed by atoms with Crippen LogP contribution in [0.3, 0.4) is 0 Å². The second-order valence-electron chi connectivity index (χ2n) is 24.2. The summed E-state index contributed by atoms with van der Waals surface area (Å²) in [7, 11) is 22.1. The molecule has 0 spiro atoms. The van der Waals surface area contributed by atoms with Crippen molar-refractivity contribution in [3.8, 4) is 0 Å². The number of furan rings is 1. The average Bonchev–Trinajstić information content (AvgIpc) is 3.77. The molecule has 0 N–H and O–H groups in total. The first-order valence-electron chi connectivity index (χ1n) is 25.8. The molecular weight excluding hydrogens is 871 g/mol. The number of hydrogen-bond acceptors (Lipinski definition) is 4. The Morgan fingerprint density at radius 1 is 0.479 bits per heavy atom. The van der Waals surface area contributed by atoms with Crippen LogP contribution < -0.4 is 69.3 Å². The van der Waals surface area contributed by atoms with Gasteiger partial charge in [0, 0.05) is 56.5 Å². The van der Waals surface area contributed by atoms with Crippen LogP contribution in [0.15, 0.2) is 107 Å². The van der Waals surface area contributed by atoms with Crippen molar-refractivity contribution in [3.05, 3.63) is 120 Å². The van der Waals surface area contributed by atoms with E-state index in [9.17, 15) is 0 Å². The first-order valence-corrected chi connectivity index (χ1v) is 28.7. The van der Waals surface area contributed by atoms with Gasteiger partial charge in [-0.05, 0) is 138 Å². The van der Waals surface area contributed by atoms with E-state index < -0.39 is 10.0 Å². The zero-order valence-corrected chi connectivity index (χ0v) is 48.1. The lowest BCUT2D eigenvalue weighted by Gasteiger charge is -2.40. The Morgan fingerprint density at radius 3 is 1.37 bits per heavy atom. The molecule has 0 amide bonds. The topological polar surface area (TPSA) is 22.9 Å². The minimum atomic E-state index is -0.950. The molecule has 1 aromatic heterocycles. The van der Waals surface area contributed by atoms with Crippen LogP contribution in [0.25, 0.3) is 0 Å². The van der Waals surface area contributed by atoms with Crippen LogP contribution in [0.4, 0.5) is 51.2 Å². The van der Waals surface area contributed by atoms with E-state index in [0.717, 1.165) is 58.4 Å². The molecule has 1 aliphatic carbocycles. The highest BCUT2D eigenvalue weighted by Crippen LogP contribution is 2.54. The summed E-state index contributed by atoms with van der Waals surface area (Å²) in [6.07, 6.45) is 11.3. The van der Waals surface area contributed by atoms with Crippen LogP contribution in [0.2, 0.25) is 0 Å². The standard InChI is InChI=1S/C56H73B10N3OS/c1-30-25-36(28-37(26-30)68(33-17-15-31(16-18-33)54(2,3)4)39-29-70-53-40(39)55(5,6)23-24-56(53,7)8)67(32-19-21-38(22-20-32)71(9,10)11)34-13-12-14-35(27-34)69(51-47(63)43(59)41(57)44(60)48(51)64)52-49(65)45(61)42(58)46(62)50(52)66/h12-22,25-29H,23-24,57-66H2,1-11H3. The number of rotatable bonds is 10. The van der Waals surface area contributed by atoms with Gasteiger partial charge in [-0.15, -0.1) is 10.9 Å². The summed E-state index contributed by atoms with van der Waals surface area (Å²) < 4.78 is 6.75. The van der Waals surface area contributed by atoms with Gasteiger partial charge in [-0.2, -0.15) is 0 Å². The molecule has 71 heavy (non-hydrogen) atoms. The number of fused-ring (bicyclic) bond motifs is 1. The van der Waals surface area contributed by atoms with Gasteiger partial charge in [-0.3, -0.25) is 0 Å². The Balaban J connectivity index is 1.41. The van der Waals surface area contributed by atoms with Gasteiger partial charge < -0.3 is 19.1 Å². The number of anilines is 9. The van der Waals surface area contributed by atoms with Crippen molar-refractivity contribution in [2.45, 2.75) is 89.4 Å². The highest BCUT2D eigenvalue weighted by atomic mass is 32.3. The van der Waals surface area contributed by atoms with Gasteiger partial charge in [-0.25, -0.2) is 10.0 Å². The van der Waals surface area contributed by atoms with Gasteiger partial charge in [0.1, 0.15) is 90.5 Å². The van der Waals surface area contributed by atoms with Crippen molar-refractivity contribution in [1.82, 2.24) is 0 Å². The fourth-order valence-corrected chi connectivity index (χ4v) is 12.2. The van der Waals surface area contributed by atoms with Crippen LogP contribution in [0.1, 0.15) is 83.8 Å². The predicted octanol–water partition coefficient (Wildman–Crippen LogP) is -0.719. The molecule has 0 aliphatic heterocycles. The Bertz CT molecular complexity index is 3080. The van der Waals surface area contributed by atoms with E-state index in [4.69, 9.17) is 4.42 Å². The van der Waals surface area contributed by atoms with E-state index in [1.54, 1.807) is 0 Å².